The number of carbonyl (C=O) groups is 2. The van der Waals surface area contributed by atoms with Crippen molar-refractivity contribution < 1.29 is 9.59 Å². The van der Waals surface area contributed by atoms with Gasteiger partial charge in [-0.2, -0.15) is 0 Å². The molecule has 2 rings (SSSR count). The predicted octanol–water partition coefficient (Wildman–Crippen LogP) is 2.40. The average Bonchev–Trinajstić information content (AvgIpc) is 3.27. The molecule has 1 aromatic rings. The molecule has 0 aliphatic heterocycles. The Hall–Kier alpha value is -2.04. The maximum Gasteiger partial charge on any atom is 0.243 e. The van der Waals surface area contributed by atoms with Gasteiger partial charge in [-0.1, -0.05) is 31.0 Å². The first kappa shape index (κ1) is 29.0. The Labute approximate surface area is 216 Å². The molecule has 0 atom stereocenters. The van der Waals surface area contributed by atoms with E-state index in [1.54, 1.807) is 19.0 Å². The molecule has 1 aliphatic carbocycles. The molecule has 0 radical (unpaired) electrons. The highest BCUT2D eigenvalue weighted by atomic mass is 127. The minimum absolute atomic E-state index is 0. The molecule has 186 valence electrons. The van der Waals surface area contributed by atoms with E-state index in [1.807, 2.05) is 32.3 Å². The summed E-state index contributed by atoms with van der Waals surface area (Å²) in [5.41, 5.74) is 0.784. The maximum absolute atomic E-state index is 12.9. The number of aliphatic imine (C=N–C) groups is 1. The third-order valence-electron chi connectivity index (χ3n) is 6.05. The molecule has 9 heteroatoms. The summed E-state index contributed by atoms with van der Waals surface area (Å²) in [5.74, 6) is 0.686. The SMILES string of the molecule is CN(C)C(=O)CN=C(NCCCN(C)c1ccccc1)NCC1(C(=O)N(C)C)CCCC1.I. The van der Waals surface area contributed by atoms with Gasteiger partial charge >= 0.3 is 0 Å². The van der Waals surface area contributed by atoms with Gasteiger partial charge < -0.3 is 25.3 Å². The van der Waals surface area contributed by atoms with E-state index in [9.17, 15) is 9.59 Å². The van der Waals surface area contributed by atoms with Crippen LogP contribution in [0.25, 0.3) is 0 Å². The monoisotopic (exact) mass is 572 g/mol. The number of likely N-dealkylation sites (N-methyl/N-ethyl adjacent to an activating group) is 1. The molecule has 8 nitrogen and oxygen atoms in total. The Balaban J connectivity index is 0.00000544. The van der Waals surface area contributed by atoms with Gasteiger partial charge in [0.05, 0.1) is 5.41 Å². The molecule has 0 unspecified atom stereocenters. The molecule has 0 aromatic heterocycles. The third kappa shape index (κ3) is 9.02. The molecule has 1 aromatic carbocycles. The fourth-order valence-corrected chi connectivity index (χ4v) is 4.04. The zero-order chi connectivity index (χ0) is 23.6. The van der Waals surface area contributed by atoms with Gasteiger partial charge in [0.1, 0.15) is 6.54 Å². The number of guanidine groups is 1. The van der Waals surface area contributed by atoms with Crippen LogP contribution in [0.5, 0.6) is 0 Å². The van der Waals surface area contributed by atoms with Crippen molar-refractivity contribution in [2.45, 2.75) is 32.1 Å². The minimum atomic E-state index is -0.398. The zero-order valence-electron chi connectivity index (χ0n) is 20.8. The topological polar surface area (TPSA) is 80.3 Å². The van der Waals surface area contributed by atoms with E-state index in [0.717, 1.165) is 38.6 Å². The zero-order valence-corrected chi connectivity index (χ0v) is 23.1. The van der Waals surface area contributed by atoms with Crippen LogP contribution in [-0.4, -0.2) is 89.0 Å². The van der Waals surface area contributed by atoms with Gasteiger partial charge in [-0.25, -0.2) is 4.99 Å². The number of hydrogen-bond acceptors (Lipinski definition) is 4. The summed E-state index contributed by atoms with van der Waals surface area (Å²) in [6, 6.07) is 10.3. The van der Waals surface area contributed by atoms with E-state index in [0.29, 0.717) is 19.0 Å². The van der Waals surface area contributed by atoms with Crippen LogP contribution in [0.2, 0.25) is 0 Å². The van der Waals surface area contributed by atoms with Crippen molar-refractivity contribution in [2.75, 3.05) is 66.3 Å². The van der Waals surface area contributed by atoms with E-state index in [2.05, 4.69) is 39.7 Å². The fourth-order valence-electron chi connectivity index (χ4n) is 4.04. The summed E-state index contributed by atoms with van der Waals surface area (Å²) in [4.78, 5) is 34.8. The molecule has 0 bridgehead atoms. The minimum Gasteiger partial charge on any atom is -0.375 e. The largest absolute Gasteiger partial charge is 0.375 e. The lowest BCUT2D eigenvalue weighted by Gasteiger charge is -2.31. The van der Waals surface area contributed by atoms with Gasteiger partial charge in [0.2, 0.25) is 11.8 Å². The summed E-state index contributed by atoms with van der Waals surface area (Å²) < 4.78 is 0. The quantitative estimate of drug-likeness (QED) is 0.195. The first-order chi connectivity index (χ1) is 15.2. The number of nitrogens with one attached hydrogen (secondary N) is 2. The van der Waals surface area contributed by atoms with Gasteiger partial charge in [0.15, 0.2) is 5.96 Å². The lowest BCUT2D eigenvalue weighted by molar-refractivity contribution is -0.138. The van der Waals surface area contributed by atoms with Crippen molar-refractivity contribution in [2.24, 2.45) is 10.4 Å². The number of hydrogen-bond donors (Lipinski definition) is 2. The van der Waals surface area contributed by atoms with Gasteiger partial charge in [-0.15, -0.1) is 24.0 Å². The highest BCUT2D eigenvalue weighted by Gasteiger charge is 2.42. The molecule has 2 N–H and O–H groups in total. The molecule has 33 heavy (non-hydrogen) atoms. The molecular weight excluding hydrogens is 531 g/mol. The molecular formula is C24H41IN6O2. The van der Waals surface area contributed by atoms with Crippen molar-refractivity contribution >= 4 is 47.4 Å². The average molecular weight is 573 g/mol. The lowest BCUT2D eigenvalue weighted by atomic mass is 9.84. The van der Waals surface area contributed by atoms with Crippen molar-refractivity contribution in [1.82, 2.24) is 20.4 Å². The van der Waals surface area contributed by atoms with Crippen molar-refractivity contribution in [3.63, 3.8) is 0 Å². The first-order valence-electron chi connectivity index (χ1n) is 11.5. The number of para-hydroxylation sites is 1. The van der Waals surface area contributed by atoms with Crippen LogP contribution >= 0.6 is 24.0 Å². The second kappa shape index (κ2) is 14.3. The third-order valence-corrected chi connectivity index (χ3v) is 6.05. The van der Waals surface area contributed by atoms with Crippen LogP contribution in [0.15, 0.2) is 35.3 Å². The molecule has 2 amide bonds. The first-order valence-corrected chi connectivity index (χ1v) is 11.5. The Kier molecular flexibility index (Phi) is 12.5. The Morgan fingerprint density at radius 3 is 2.18 bits per heavy atom. The fraction of sp³-hybridized carbons (Fsp3) is 0.625. The van der Waals surface area contributed by atoms with Crippen LogP contribution in [-0.2, 0) is 9.59 Å². The van der Waals surface area contributed by atoms with Crippen LogP contribution < -0.4 is 15.5 Å². The Morgan fingerprint density at radius 2 is 1.61 bits per heavy atom. The van der Waals surface area contributed by atoms with Crippen LogP contribution in [0.1, 0.15) is 32.1 Å². The molecule has 0 heterocycles. The summed E-state index contributed by atoms with van der Waals surface area (Å²) in [5, 5.41) is 6.71. The molecule has 1 saturated carbocycles. The molecule has 1 fully saturated rings. The summed E-state index contributed by atoms with van der Waals surface area (Å²) in [6.07, 6.45) is 4.79. The van der Waals surface area contributed by atoms with E-state index in [4.69, 9.17) is 0 Å². The standard InChI is InChI=1S/C24H40N6O2.HI/c1-28(2)21(31)18-26-23(25-16-11-17-30(5)20-12-7-6-8-13-20)27-19-24(14-9-10-15-24)22(32)29(3)4;/h6-8,12-13H,9-11,14-19H2,1-5H3,(H2,25,26,27);1H. The summed E-state index contributed by atoms with van der Waals surface area (Å²) in [7, 11) is 9.15. The smallest absolute Gasteiger partial charge is 0.243 e. The number of halogens is 1. The van der Waals surface area contributed by atoms with E-state index in [-0.39, 0.29) is 42.3 Å². The lowest BCUT2D eigenvalue weighted by Crippen LogP contribution is -2.49. The van der Waals surface area contributed by atoms with Crippen LogP contribution in [0, 0.1) is 5.41 Å². The van der Waals surface area contributed by atoms with Crippen molar-refractivity contribution in [1.29, 1.82) is 0 Å². The van der Waals surface area contributed by atoms with E-state index >= 15 is 0 Å². The van der Waals surface area contributed by atoms with Gasteiger partial charge in [-0.3, -0.25) is 9.59 Å². The maximum atomic E-state index is 12.9. The molecule has 0 spiro atoms. The van der Waals surface area contributed by atoms with Crippen molar-refractivity contribution in [3.8, 4) is 0 Å². The highest BCUT2D eigenvalue weighted by Crippen LogP contribution is 2.38. The van der Waals surface area contributed by atoms with Gasteiger partial charge in [0.25, 0.3) is 0 Å². The Morgan fingerprint density at radius 1 is 0.970 bits per heavy atom. The van der Waals surface area contributed by atoms with Gasteiger partial charge in [-0.05, 0) is 31.4 Å². The van der Waals surface area contributed by atoms with Crippen LogP contribution in [0.3, 0.4) is 0 Å². The number of carbonyl (C=O) groups excluding carboxylic acids is 2. The number of amides is 2. The van der Waals surface area contributed by atoms with E-state index < -0.39 is 5.41 Å². The van der Waals surface area contributed by atoms with E-state index in [1.165, 1.54) is 10.6 Å². The number of benzene rings is 1. The number of nitrogens with zero attached hydrogens (tertiary/aromatic N) is 4. The normalized spacial score (nSPS) is 14.8. The van der Waals surface area contributed by atoms with Gasteiger partial charge in [0, 0.05) is 60.6 Å². The van der Waals surface area contributed by atoms with Crippen LogP contribution in [0.4, 0.5) is 5.69 Å². The molecule has 0 saturated heterocycles. The summed E-state index contributed by atoms with van der Waals surface area (Å²) >= 11 is 0. The Bertz CT molecular complexity index is 763. The second-order valence-electron chi connectivity index (χ2n) is 9.03. The number of anilines is 1. The summed E-state index contributed by atoms with van der Waals surface area (Å²) in [6.45, 7) is 2.20. The number of rotatable bonds is 10. The second-order valence-corrected chi connectivity index (χ2v) is 9.03. The predicted molar refractivity (Wildman–Crippen MR) is 146 cm³/mol. The van der Waals surface area contributed by atoms with Crippen molar-refractivity contribution in [3.05, 3.63) is 30.3 Å². The highest BCUT2D eigenvalue weighted by molar-refractivity contribution is 14.0. The molecule has 1 aliphatic rings.